The Morgan fingerprint density at radius 2 is 2.24 bits per heavy atom. The van der Waals surface area contributed by atoms with Gasteiger partial charge < -0.3 is 19.4 Å². The molecule has 5 heteroatoms. The molecular weight excluding hydrogens is 266 g/mol. The second-order valence-electron chi connectivity index (χ2n) is 5.52. The molecular formula is C16H27N3O2. The summed E-state index contributed by atoms with van der Waals surface area (Å²) in [6.45, 7) is 6.40. The van der Waals surface area contributed by atoms with Crippen molar-refractivity contribution in [2.45, 2.75) is 32.7 Å². The van der Waals surface area contributed by atoms with Crippen LogP contribution in [-0.2, 0) is 11.3 Å². The maximum atomic E-state index is 5.41. The highest BCUT2D eigenvalue weighted by atomic mass is 16.5. The molecule has 0 radical (unpaired) electrons. The molecule has 0 aromatic carbocycles. The van der Waals surface area contributed by atoms with Gasteiger partial charge in [0.1, 0.15) is 12.3 Å². The Morgan fingerprint density at radius 3 is 2.90 bits per heavy atom. The maximum Gasteiger partial charge on any atom is 0.194 e. The molecule has 21 heavy (non-hydrogen) atoms. The van der Waals surface area contributed by atoms with Crippen molar-refractivity contribution in [1.29, 1.82) is 0 Å². The number of nitrogens with zero attached hydrogens (tertiary/aromatic N) is 2. The third-order valence-corrected chi connectivity index (χ3v) is 3.87. The van der Waals surface area contributed by atoms with Gasteiger partial charge in [0.15, 0.2) is 5.96 Å². The highest BCUT2D eigenvalue weighted by Gasteiger charge is 2.15. The van der Waals surface area contributed by atoms with Gasteiger partial charge in [-0.25, -0.2) is 4.99 Å². The standard InChI is InChI=1S/C16H27N3O2/c1-3-17-16(18-13-15-5-4-10-21-15)19(2)9-6-14-7-11-20-12-8-14/h4-5,10,14H,3,6-9,11-13H2,1-2H3,(H,17,18). The summed E-state index contributed by atoms with van der Waals surface area (Å²) >= 11 is 0. The van der Waals surface area contributed by atoms with Crippen LogP contribution >= 0.6 is 0 Å². The van der Waals surface area contributed by atoms with Crippen molar-refractivity contribution in [2.24, 2.45) is 10.9 Å². The summed E-state index contributed by atoms with van der Waals surface area (Å²) in [5.74, 6) is 2.62. The monoisotopic (exact) mass is 293 g/mol. The lowest BCUT2D eigenvalue weighted by molar-refractivity contribution is 0.0625. The van der Waals surface area contributed by atoms with Gasteiger partial charge in [-0.1, -0.05) is 0 Å². The zero-order chi connectivity index (χ0) is 14.9. The number of hydrogen-bond donors (Lipinski definition) is 1. The van der Waals surface area contributed by atoms with Crippen LogP contribution in [0.25, 0.3) is 0 Å². The van der Waals surface area contributed by atoms with Gasteiger partial charge in [0.05, 0.1) is 6.26 Å². The van der Waals surface area contributed by atoms with Crippen molar-refractivity contribution < 1.29 is 9.15 Å². The van der Waals surface area contributed by atoms with Crippen LogP contribution in [-0.4, -0.2) is 44.2 Å². The summed E-state index contributed by atoms with van der Waals surface area (Å²) in [6.07, 6.45) is 5.26. The average Bonchev–Trinajstić information content (AvgIpc) is 3.03. The summed E-state index contributed by atoms with van der Waals surface area (Å²) in [5.41, 5.74) is 0. The van der Waals surface area contributed by atoms with Crippen molar-refractivity contribution >= 4 is 5.96 Å². The first kappa shape index (κ1) is 15.9. The molecule has 1 aliphatic heterocycles. The first-order valence-electron chi connectivity index (χ1n) is 7.89. The molecule has 2 heterocycles. The Kier molecular flexibility index (Phi) is 6.60. The molecule has 1 fully saturated rings. The van der Waals surface area contributed by atoms with Gasteiger partial charge in [-0.3, -0.25) is 0 Å². The number of rotatable bonds is 6. The number of nitrogens with one attached hydrogen (secondary N) is 1. The maximum absolute atomic E-state index is 5.41. The molecule has 1 saturated heterocycles. The van der Waals surface area contributed by atoms with E-state index in [4.69, 9.17) is 9.15 Å². The van der Waals surface area contributed by atoms with E-state index in [2.05, 4.69) is 29.2 Å². The van der Waals surface area contributed by atoms with Crippen LogP contribution in [0, 0.1) is 5.92 Å². The number of guanidine groups is 1. The average molecular weight is 293 g/mol. The van der Waals surface area contributed by atoms with Crippen LogP contribution in [0.5, 0.6) is 0 Å². The van der Waals surface area contributed by atoms with E-state index in [0.717, 1.165) is 43.9 Å². The third-order valence-electron chi connectivity index (χ3n) is 3.87. The molecule has 1 aromatic heterocycles. The molecule has 5 nitrogen and oxygen atoms in total. The Labute approximate surface area is 127 Å². The predicted molar refractivity (Wildman–Crippen MR) is 84.3 cm³/mol. The molecule has 0 saturated carbocycles. The smallest absolute Gasteiger partial charge is 0.194 e. The number of furan rings is 1. The molecule has 0 atom stereocenters. The predicted octanol–water partition coefficient (Wildman–Crippen LogP) is 2.49. The molecule has 1 aromatic rings. The number of ether oxygens (including phenoxy) is 1. The summed E-state index contributed by atoms with van der Waals surface area (Å²) in [6, 6.07) is 3.85. The van der Waals surface area contributed by atoms with Crippen LogP contribution < -0.4 is 5.32 Å². The van der Waals surface area contributed by atoms with E-state index in [-0.39, 0.29) is 0 Å². The molecule has 0 spiro atoms. The SMILES string of the molecule is CCNC(=NCc1ccco1)N(C)CCC1CCOCC1. The minimum Gasteiger partial charge on any atom is -0.467 e. The molecule has 0 bridgehead atoms. The lowest BCUT2D eigenvalue weighted by Crippen LogP contribution is -2.40. The van der Waals surface area contributed by atoms with Crippen LogP contribution in [0.4, 0.5) is 0 Å². The Bertz CT molecular complexity index is 411. The quantitative estimate of drug-likeness (QED) is 0.647. The second-order valence-corrected chi connectivity index (χ2v) is 5.52. The molecule has 118 valence electrons. The molecule has 0 aliphatic carbocycles. The van der Waals surface area contributed by atoms with Crippen molar-refractivity contribution in [3.05, 3.63) is 24.2 Å². The zero-order valence-electron chi connectivity index (χ0n) is 13.2. The summed E-state index contributed by atoms with van der Waals surface area (Å²) in [5, 5.41) is 3.34. The normalized spacial score (nSPS) is 17.0. The lowest BCUT2D eigenvalue weighted by Gasteiger charge is -2.26. The summed E-state index contributed by atoms with van der Waals surface area (Å²) in [7, 11) is 2.10. The van der Waals surface area contributed by atoms with Crippen molar-refractivity contribution in [2.75, 3.05) is 33.4 Å². The van der Waals surface area contributed by atoms with Crippen molar-refractivity contribution in [3.8, 4) is 0 Å². The first-order valence-corrected chi connectivity index (χ1v) is 7.89. The molecule has 1 aliphatic rings. The van der Waals surface area contributed by atoms with Crippen LogP contribution in [0.3, 0.4) is 0 Å². The largest absolute Gasteiger partial charge is 0.467 e. The van der Waals surface area contributed by atoms with E-state index in [1.54, 1.807) is 6.26 Å². The second kappa shape index (κ2) is 8.72. The molecule has 0 unspecified atom stereocenters. The van der Waals surface area contributed by atoms with Gasteiger partial charge >= 0.3 is 0 Å². The summed E-state index contributed by atoms with van der Waals surface area (Å²) in [4.78, 5) is 6.84. The van der Waals surface area contributed by atoms with E-state index in [1.165, 1.54) is 19.3 Å². The highest BCUT2D eigenvalue weighted by Crippen LogP contribution is 2.18. The van der Waals surface area contributed by atoms with Crippen LogP contribution in [0.15, 0.2) is 27.8 Å². The number of aliphatic imine (C=N–C) groups is 1. The van der Waals surface area contributed by atoms with E-state index >= 15 is 0 Å². The fourth-order valence-electron chi connectivity index (χ4n) is 2.54. The number of hydrogen-bond acceptors (Lipinski definition) is 3. The van der Waals surface area contributed by atoms with E-state index in [0.29, 0.717) is 6.54 Å². The van der Waals surface area contributed by atoms with E-state index in [1.807, 2.05) is 12.1 Å². The first-order chi connectivity index (χ1) is 10.3. The van der Waals surface area contributed by atoms with Gasteiger partial charge in [0.25, 0.3) is 0 Å². The lowest BCUT2D eigenvalue weighted by atomic mass is 9.96. The van der Waals surface area contributed by atoms with Crippen LogP contribution in [0.2, 0.25) is 0 Å². The summed E-state index contributed by atoms with van der Waals surface area (Å²) < 4.78 is 10.7. The molecule has 0 amide bonds. The minimum absolute atomic E-state index is 0.580. The molecule has 1 N–H and O–H groups in total. The fourth-order valence-corrected chi connectivity index (χ4v) is 2.54. The van der Waals surface area contributed by atoms with Crippen molar-refractivity contribution in [3.63, 3.8) is 0 Å². The van der Waals surface area contributed by atoms with Gasteiger partial charge in [-0.15, -0.1) is 0 Å². The Hall–Kier alpha value is -1.49. The van der Waals surface area contributed by atoms with Crippen molar-refractivity contribution in [1.82, 2.24) is 10.2 Å². The fraction of sp³-hybridized carbons (Fsp3) is 0.688. The highest BCUT2D eigenvalue weighted by molar-refractivity contribution is 5.79. The van der Waals surface area contributed by atoms with Gasteiger partial charge in [-0.2, -0.15) is 0 Å². The zero-order valence-corrected chi connectivity index (χ0v) is 13.2. The minimum atomic E-state index is 0.580. The van der Waals surface area contributed by atoms with Crippen LogP contribution in [0.1, 0.15) is 31.9 Å². The van der Waals surface area contributed by atoms with E-state index < -0.39 is 0 Å². The van der Waals surface area contributed by atoms with Gasteiger partial charge in [0.2, 0.25) is 0 Å². The topological polar surface area (TPSA) is 50.0 Å². The third kappa shape index (κ3) is 5.42. The van der Waals surface area contributed by atoms with E-state index in [9.17, 15) is 0 Å². The van der Waals surface area contributed by atoms with Gasteiger partial charge in [-0.05, 0) is 44.2 Å². The Balaban J connectivity index is 1.82. The Morgan fingerprint density at radius 1 is 1.43 bits per heavy atom. The molecule has 2 rings (SSSR count). The van der Waals surface area contributed by atoms with Gasteiger partial charge in [0, 0.05) is 33.4 Å².